The van der Waals surface area contributed by atoms with Crippen molar-refractivity contribution in [3.63, 3.8) is 0 Å². The van der Waals surface area contributed by atoms with Crippen molar-refractivity contribution in [2.75, 3.05) is 25.6 Å². The first-order valence-corrected chi connectivity index (χ1v) is 5.85. The number of nitrogen functional groups attached to an aromatic ring is 1. The van der Waals surface area contributed by atoms with Gasteiger partial charge in [-0.25, -0.2) is 10.8 Å². The van der Waals surface area contributed by atoms with Gasteiger partial charge in [-0.05, 0) is 0 Å². The molecule has 0 spiro atoms. The van der Waals surface area contributed by atoms with E-state index in [0.29, 0.717) is 11.7 Å². The van der Waals surface area contributed by atoms with Gasteiger partial charge in [-0.3, -0.25) is 15.0 Å². The number of nitrogens with zero attached hydrogens (tertiary/aromatic N) is 3. The third-order valence-electron chi connectivity index (χ3n) is 2.50. The maximum absolute atomic E-state index is 11.7. The molecule has 7 nitrogen and oxygen atoms in total. The number of aromatic nitrogens is 1. The quantitative estimate of drug-likeness (QED) is 0.546. The first-order valence-electron chi connectivity index (χ1n) is 5.03. The maximum atomic E-state index is 11.7. The minimum atomic E-state index is -0.0530. The zero-order valence-electron chi connectivity index (χ0n) is 9.34. The Morgan fingerprint density at radius 1 is 1.47 bits per heavy atom. The van der Waals surface area contributed by atoms with Crippen molar-refractivity contribution in [3.05, 3.63) is 11.1 Å². The molecule has 1 aliphatic heterocycles. The number of hydrogen-bond donors (Lipinski definition) is 2. The fraction of sp³-hybridized carbons (Fsp3) is 0.444. The van der Waals surface area contributed by atoms with Gasteiger partial charge in [0.25, 0.3) is 0 Å². The van der Waals surface area contributed by atoms with Crippen LogP contribution in [0.5, 0.6) is 0 Å². The van der Waals surface area contributed by atoms with E-state index in [1.807, 2.05) is 0 Å². The highest BCUT2D eigenvalue weighted by Crippen LogP contribution is 2.19. The average molecular weight is 255 g/mol. The Hall–Kier alpha value is -1.67. The first-order chi connectivity index (χ1) is 8.10. The molecule has 3 N–H and O–H groups in total. The largest absolute Gasteiger partial charge is 0.335 e. The standard InChI is InChI=1S/C9H13N5O2S/c1-13-4-8(16)14(5-7(13)15)3-6-2-11-9(12-10)17-6/h2H,3-5,10H2,1H3,(H,11,12). The van der Waals surface area contributed by atoms with Gasteiger partial charge in [-0.1, -0.05) is 11.3 Å². The van der Waals surface area contributed by atoms with Crippen LogP contribution < -0.4 is 11.3 Å². The molecular formula is C9H13N5O2S. The monoisotopic (exact) mass is 255 g/mol. The SMILES string of the molecule is CN1CC(=O)N(Cc2cnc(NN)s2)CC1=O. The van der Waals surface area contributed by atoms with Crippen molar-refractivity contribution in [1.29, 1.82) is 0 Å². The number of anilines is 1. The van der Waals surface area contributed by atoms with Crippen LogP contribution in [0, 0.1) is 0 Å². The van der Waals surface area contributed by atoms with E-state index in [1.54, 1.807) is 13.2 Å². The lowest BCUT2D eigenvalue weighted by Crippen LogP contribution is -2.51. The molecule has 0 unspecified atom stereocenters. The number of carbonyl (C=O) groups is 2. The molecule has 1 aromatic heterocycles. The Bertz CT molecular complexity index is 446. The number of hydrazine groups is 1. The molecule has 0 saturated carbocycles. The molecule has 2 amide bonds. The molecular weight excluding hydrogens is 242 g/mol. The normalized spacial score (nSPS) is 16.6. The average Bonchev–Trinajstić information content (AvgIpc) is 2.73. The molecule has 0 aliphatic carbocycles. The van der Waals surface area contributed by atoms with Gasteiger partial charge in [0.1, 0.15) is 6.54 Å². The number of amides is 2. The minimum Gasteiger partial charge on any atom is -0.335 e. The minimum absolute atomic E-state index is 0.0497. The second kappa shape index (κ2) is 4.68. The van der Waals surface area contributed by atoms with E-state index in [1.165, 1.54) is 21.1 Å². The number of rotatable bonds is 3. The van der Waals surface area contributed by atoms with Gasteiger partial charge in [-0.15, -0.1) is 0 Å². The Balaban J connectivity index is 2.03. The molecule has 8 heteroatoms. The Morgan fingerprint density at radius 2 is 2.24 bits per heavy atom. The highest BCUT2D eigenvalue weighted by Gasteiger charge is 2.27. The molecule has 1 saturated heterocycles. The molecule has 1 aliphatic rings. The van der Waals surface area contributed by atoms with E-state index in [9.17, 15) is 9.59 Å². The van der Waals surface area contributed by atoms with E-state index in [0.717, 1.165) is 4.88 Å². The topological polar surface area (TPSA) is 91.6 Å². The maximum Gasteiger partial charge on any atom is 0.242 e. The molecule has 0 atom stereocenters. The first kappa shape index (κ1) is 11.8. The number of thiazole rings is 1. The van der Waals surface area contributed by atoms with Crippen LogP contribution in [0.4, 0.5) is 5.13 Å². The summed E-state index contributed by atoms with van der Waals surface area (Å²) in [5, 5.41) is 0.591. The Kier molecular flexibility index (Phi) is 3.25. The smallest absolute Gasteiger partial charge is 0.242 e. The summed E-state index contributed by atoms with van der Waals surface area (Å²) in [5.74, 6) is 5.12. The predicted molar refractivity (Wildman–Crippen MR) is 63.0 cm³/mol. The Labute approximate surface area is 102 Å². The van der Waals surface area contributed by atoms with E-state index in [4.69, 9.17) is 5.84 Å². The number of piperazine rings is 1. The van der Waals surface area contributed by atoms with Crippen LogP contribution in [0.1, 0.15) is 4.88 Å². The van der Waals surface area contributed by atoms with Crippen LogP contribution >= 0.6 is 11.3 Å². The van der Waals surface area contributed by atoms with Gasteiger partial charge in [0.15, 0.2) is 5.13 Å². The molecule has 0 aromatic carbocycles. The molecule has 0 radical (unpaired) electrons. The molecule has 0 bridgehead atoms. The fourth-order valence-corrected chi connectivity index (χ4v) is 2.28. The summed E-state index contributed by atoms with van der Waals surface area (Å²) in [7, 11) is 1.63. The predicted octanol–water partition coefficient (Wildman–Crippen LogP) is -0.771. The van der Waals surface area contributed by atoms with Crippen LogP contribution in [0.25, 0.3) is 0 Å². The molecule has 1 aromatic rings. The zero-order valence-corrected chi connectivity index (χ0v) is 10.2. The van der Waals surface area contributed by atoms with E-state index in [-0.39, 0.29) is 24.9 Å². The van der Waals surface area contributed by atoms with E-state index in [2.05, 4.69) is 10.4 Å². The second-order valence-electron chi connectivity index (χ2n) is 3.78. The van der Waals surface area contributed by atoms with Gasteiger partial charge >= 0.3 is 0 Å². The van der Waals surface area contributed by atoms with Gasteiger partial charge in [-0.2, -0.15) is 0 Å². The van der Waals surface area contributed by atoms with Gasteiger partial charge in [0, 0.05) is 18.1 Å². The summed E-state index contributed by atoms with van der Waals surface area (Å²) in [4.78, 5) is 31.0. The van der Waals surface area contributed by atoms with Crippen molar-refractivity contribution >= 4 is 28.3 Å². The van der Waals surface area contributed by atoms with Gasteiger partial charge in [0.2, 0.25) is 11.8 Å². The van der Waals surface area contributed by atoms with Gasteiger partial charge in [0.05, 0.1) is 13.1 Å². The molecule has 92 valence electrons. The van der Waals surface area contributed by atoms with Crippen molar-refractivity contribution in [1.82, 2.24) is 14.8 Å². The van der Waals surface area contributed by atoms with Gasteiger partial charge < -0.3 is 9.80 Å². The number of carbonyl (C=O) groups excluding carboxylic acids is 2. The lowest BCUT2D eigenvalue weighted by Gasteiger charge is -2.31. The third-order valence-corrected chi connectivity index (χ3v) is 3.41. The third kappa shape index (κ3) is 2.53. The van der Waals surface area contributed by atoms with Crippen LogP contribution in [0.15, 0.2) is 6.20 Å². The lowest BCUT2D eigenvalue weighted by atomic mass is 10.3. The van der Waals surface area contributed by atoms with Crippen LogP contribution in [0.2, 0.25) is 0 Å². The second-order valence-corrected chi connectivity index (χ2v) is 4.89. The molecule has 1 fully saturated rings. The summed E-state index contributed by atoms with van der Waals surface area (Å²) in [6.45, 7) is 0.663. The summed E-state index contributed by atoms with van der Waals surface area (Å²) in [6, 6.07) is 0. The number of likely N-dealkylation sites (N-methyl/N-ethyl adjacent to an activating group) is 1. The lowest BCUT2D eigenvalue weighted by molar-refractivity contribution is -0.149. The fourth-order valence-electron chi connectivity index (χ4n) is 1.54. The Morgan fingerprint density at radius 3 is 2.88 bits per heavy atom. The summed E-state index contributed by atoms with van der Waals surface area (Å²) < 4.78 is 0. The number of nitrogens with one attached hydrogen (secondary N) is 1. The van der Waals surface area contributed by atoms with Crippen LogP contribution in [-0.4, -0.2) is 46.7 Å². The highest BCUT2D eigenvalue weighted by molar-refractivity contribution is 7.15. The van der Waals surface area contributed by atoms with Crippen LogP contribution in [0.3, 0.4) is 0 Å². The van der Waals surface area contributed by atoms with Crippen molar-refractivity contribution in [2.24, 2.45) is 5.84 Å². The highest BCUT2D eigenvalue weighted by atomic mass is 32.1. The number of hydrogen-bond acceptors (Lipinski definition) is 6. The molecule has 2 rings (SSSR count). The van der Waals surface area contributed by atoms with E-state index >= 15 is 0 Å². The molecule has 17 heavy (non-hydrogen) atoms. The van der Waals surface area contributed by atoms with Crippen LogP contribution in [-0.2, 0) is 16.1 Å². The van der Waals surface area contributed by atoms with Crippen molar-refractivity contribution < 1.29 is 9.59 Å². The number of nitrogens with two attached hydrogens (primary N) is 1. The van der Waals surface area contributed by atoms with Crippen molar-refractivity contribution in [3.8, 4) is 0 Å². The van der Waals surface area contributed by atoms with Crippen molar-refractivity contribution in [2.45, 2.75) is 6.54 Å². The summed E-state index contributed by atoms with van der Waals surface area (Å²) in [6.07, 6.45) is 1.65. The summed E-state index contributed by atoms with van der Waals surface area (Å²) >= 11 is 1.36. The summed E-state index contributed by atoms with van der Waals surface area (Å²) in [5.41, 5.74) is 2.44. The zero-order chi connectivity index (χ0) is 12.4. The van der Waals surface area contributed by atoms with E-state index < -0.39 is 0 Å². The molecule has 2 heterocycles.